The lowest BCUT2D eigenvalue weighted by Crippen LogP contribution is -2.47. The number of nitrogens with two attached hydrogens (primary N) is 1. The van der Waals surface area contributed by atoms with Gasteiger partial charge in [0, 0.05) is 19.6 Å². The molecule has 0 unspecified atom stereocenters. The number of likely N-dealkylation sites (N-methyl/N-ethyl adjacent to an activating group) is 1. The van der Waals surface area contributed by atoms with Crippen LogP contribution in [0.2, 0.25) is 0 Å². The van der Waals surface area contributed by atoms with E-state index in [1.165, 1.54) is 32.1 Å². The van der Waals surface area contributed by atoms with Gasteiger partial charge in [-0.15, -0.1) is 0 Å². The standard InChI is InChI=1S/C28H40N4O2/c1-32(2)26(17-21-9-5-3-6-10-21)28(34)31-20-25(24-11-7-4-8-12-24)27(33)30-19-23-15-13-22(18-29)14-16-23/h4,7-8,11-16,21,25-26H,3,5-6,9-10,17-20,29H2,1-2H3,(H,30,33)(H,31,34)/t25-,26+/m0/s1. The second kappa shape index (κ2) is 13.3. The van der Waals surface area contributed by atoms with Crippen molar-refractivity contribution in [2.45, 2.75) is 63.6 Å². The summed E-state index contributed by atoms with van der Waals surface area (Å²) in [5, 5.41) is 6.14. The van der Waals surface area contributed by atoms with Gasteiger partial charge in [-0.05, 0) is 43.1 Å². The molecule has 0 spiro atoms. The van der Waals surface area contributed by atoms with E-state index in [1.54, 1.807) is 0 Å². The van der Waals surface area contributed by atoms with E-state index >= 15 is 0 Å². The van der Waals surface area contributed by atoms with E-state index in [2.05, 4.69) is 10.6 Å². The molecule has 6 heteroatoms. The number of benzene rings is 2. The first-order valence-corrected chi connectivity index (χ1v) is 12.5. The Morgan fingerprint density at radius 2 is 1.56 bits per heavy atom. The fraction of sp³-hybridized carbons (Fsp3) is 0.500. The lowest BCUT2D eigenvalue weighted by molar-refractivity contribution is -0.127. The predicted molar refractivity (Wildman–Crippen MR) is 137 cm³/mol. The first kappa shape index (κ1) is 25.9. The average Bonchev–Trinajstić information content (AvgIpc) is 2.87. The zero-order valence-electron chi connectivity index (χ0n) is 20.6. The molecule has 1 aliphatic carbocycles. The molecule has 0 heterocycles. The molecule has 34 heavy (non-hydrogen) atoms. The van der Waals surface area contributed by atoms with Gasteiger partial charge < -0.3 is 16.4 Å². The van der Waals surface area contributed by atoms with Crippen molar-refractivity contribution in [1.82, 2.24) is 15.5 Å². The van der Waals surface area contributed by atoms with Crippen molar-refractivity contribution in [3.05, 3.63) is 71.3 Å². The Bertz CT molecular complexity index is 892. The molecule has 2 amide bonds. The van der Waals surface area contributed by atoms with Gasteiger partial charge in [-0.3, -0.25) is 14.5 Å². The number of carbonyl (C=O) groups is 2. The van der Waals surface area contributed by atoms with Crippen LogP contribution in [0.1, 0.15) is 61.1 Å². The van der Waals surface area contributed by atoms with E-state index in [0.29, 0.717) is 19.0 Å². The summed E-state index contributed by atoms with van der Waals surface area (Å²) in [7, 11) is 3.93. The Kier molecular flexibility index (Phi) is 10.1. The van der Waals surface area contributed by atoms with Crippen LogP contribution >= 0.6 is 0 Å². The maximum atomic E-state index is 13.2. The van der Waals surface area contributed by atoms with Crippen LogP contribution in [0, 0.1) is 5.92 Å². The van der Waals surface area contributed by atoms with Crippen LogP contribution in [0.5, 0.6) is 0 Å². The van der Waals surface area contributed by atoms with E-state index in [9.17, 15) is 9.59 Å². The Balaban J connectivity index is 1.62. The highest BCUT2D eigenvalue weighted by atomic mass is 16.2. The van der Waals surface area contributed by atoms with E-state index in [-0.39, 0.29) is 24.4 Å². The average molecular weight is 465 g/mol. The Morgan fingerprint density at radius 1 is 0.912 bits per heavy atom. The number of hydrogen-bond acceptors (Lipinski definition) is 4. The minimum Gasteiger partial charge on any atom is -0.354 e. The van der Waals surface area contributed by atoms with Gasteiger partial charge in [-0.2, -0.15) is 0 Å². The van der Waals surface area contributed by atoms with E-state index in [4.69, 9.17) is 5.73 Å². The highest BCUT2D eigenvalue weighted by Gasteiger charge is 2.28. The van der Waals surface area contributed by atoms with Crippen LogP contribution in [0.4, 0.5) is 0 Å². The summed E-state index contributed by atoms with van der Waals surface area (Å²) in [6.45, 7) is 1.20. The third-order valence-corrected chi connectivity index (χ3v) is 6.93. The zero-order valence-corrected chi connectivity index (χ0v) is 20.6. The molecule has 1 fully saturated rings. The zero-order chi connectivity index (χ0) is 24.3. The molecule has 0 aromatic heterocycles. The van der Waals surface area contributed by atoms with Crippen molar-refractivity contribution in [2.24, 2.45) is 11.7 Å². The third-order valence-electron chi connectivity index (χ3n) is 6.93. The summed E-state index contributed by atoms with van der Waals surface area (Å²) >= 11 is 0. The van der Waals surface area contributed by atoms with E-state index in [0.717, 1.165) is 23.1 Å². The fourth-order valence-corrected chi connectivity index (χ4v) is 4.76. The monoisotopic (exact) mass is 464 g/mol. The molecular weight excluding hydrogens is 424 g/mol. The molecule has 1 aliphatic rings. The lowest BCUT2D eigenvalue weighted by atomic mass is 9.84. The van der Waals surface area contributed by atoms with Crippen LogP contribution in [-0.4, -0.2) is 43.4 Å². The minimum absolute atomic E-state index is 0.00155. The highest BCUT2D eigenvalue weighted by Crippen LogP contribution is 2.28. The molecule has 2 atom stereocenters. The molecule has 184 valence electrons. The van der Waals surface area contributed by atoms with Gasteiger partial charge in [0.15, 0.2) is 0 Å². The van der Waals surface area contributed by atoms with Crippen molar-refractivity contribution in [3.63, 3.8) is 0 Å². The van der Waals surface area contributed by atoms with Crippen molar-refractivity contribution < 1.29 is 9.59 Å². The number of nitrogens with one attached hydrogen (secondary N) is 2. The normalized spacial score (nSPS) is 16.1. The minimum atomic E-state index is -0.453. The van der Waals surface area contributed by atoms with Crippen LogP contribution < -0.4 is 16.4 Å². The first-order chi connectivity index (χ1) is 16.5. The lowest BCUT2D eigenvalue weighted by Gasteiger charge is -2.30. The summed E-state index contributed by atoms with van der Waals surface area (Å²) in [6.07, 6.45) is 7.12. The number of hydrogen-bond donors (Lipinski definition) is 3. The molecular formula is C28H40N4O2. The van der Waals surface area contributed by atoms with Crippen molar-refractivity contribution >= 4 is 11.8 Å². The molecule has 1 saturated carbocycles. The summed E-state index contributed by atoms with van der Waals surface area (Å²) in [6, 6.07) is 17.4. The van der Waals surface area contributed by atoms with Gasteiger partial charge >= 0.3 is 0 Å². The molecule has 0 aliphatic heterocycles. The second-order valence-corrected chi connectivity index (χ2v) is 9.67. The third kappa shape index (κ3) is 7.67. The summed E-state index contributed by atoms with van der Waals surface area (Å²) in [5.74, 6) is 0.0569. The highest BCUT2D eigenvalue weighted by molar-refractivity contribution is 5.86. The molecule has 0 bridgehead atoms. The van der Waals surface area contributed by atoms with Crippen LogP contribution in [0.3, 0.4) is 0 Å². The SMILES string of the molecule is CN(C)[C@H](CC1CCCCC1)C(=O)NC[C@H](C(=O)NCc1ccc(CN)cc1)c1ccccc1. The van der Waals surface area contributed by atoms with Crippen LogP contribution in [0.15, 0.2) is 54.6 Å². The quantitative estimate of drug-likeness (QED) is 0.475. The Labute approximate surface area is 204 Å². The molecule has 4 N–H and O–H groups in total. The molecule has 2 aromatic carbocycles. The summed E-state index contributed by atoms with van der Waals surface area (Å²) in [5.41, 5.74) is 8.64. The first-order valence-electron chi connectivity index (χ1n) is 12.5. The Morgan fingerprint density at radius 3 is 2.18 bits per heavy atom. The smallest absolute Gasteiger partial charge is 0.237 e. The van der Waals surface area contributed by atoms with Crippen LogP contribution in [0.25, 0.3) is 0 Å². The van der Waals surface area contributed by atoms with E-state index < -0.39 is 5.92 Å². The van der Waals surface area contributed by atoms with Gasteiger partial charge in [0.25, 0.3) is 0 Å². The predicted octanol–water partition coefficient (Wildman–Crippen LogP) is 3.56. The molecule has 2 aromatic rings. The van der Waals surface area contributed by atoms with Gasteiger partial charge in [0.2, 0.25) is 11.8 Å². The molecule has 6 nitrogen and oxygen atoms in total. The topological polar surface area (TPSA) is 87.5 Å². The summed E-state index contributed by atoms with van der Waals surface area (Å²) in [4.78, 5) is 28.3. The maximum Gasteiger partial charge on any atom is 0.237 e. The Hall–Kier alpha value is -2.70. The molecule has 0 radical (unpaired) electrons. The fourth-order valence-electron chi connectivity index (χ4n) is 4.76. The largest absolute Gasteiger partial charge is 0.354 e. The van der Waals surface area contributed by atoms with Crippen molar-refractivity contribution in [2.75, 3.05) is 20.6 Å². The van der Waals surface area contributed by atoms with Crippen molar-refractivity contribution in [3.8, 4) is 0 Å². The van der Waals surface area contributed by atoms with Gasteiger partial charge in [-0.25, -0.2) is 0 Å². The number of carbonyl (C=O) groups excluding carboxylic acids is 2. The number of amides is 2. The molecule has 3 rings (SSSR count). The summed E-state index contributed by atoms with van der Waals surface area (Å²) < 4.78 is 0. The second-order valence-electron chi connectivity index (χ2n) is 9.67. The van der Waals surface area contributed by atoms with Gasteiger partial charge in [0.1, 0.15) is 0 Å². The van der Waals surface area contributed by atoms with Gasteiger partial charge in [-0.1, -0.05) is 86.7 Å². The number of nitrogens with zero attached hydrogens (tertiary/aromatic N) is 1. The molecule has 0 saturated heterocycles. The van der Waals surface area contributed by atoms with Gasteiger partial charge in [0.05, 0.1) is 12.0 Å². The van der Waals surface area contributed by atoms with E-state index in [1.807, 2.05) is 73.6 Å². The maximum absolute atomic E-state index is 13.2. The van der Waals surface area contributed by atoms with Crippen molar-refractivity contribution in [1.29, 1.82) is 0 Å². The number of rotatable bonds is 11. The van der Waals surface area contributed by atoms with Crippen LogP contribution in [-0.2, 0) is 22.7 Å².